The second kappa shape index (κ2) is 7.78. The van der Waals surface area contributed by atoms with E-state index in [1.54, 1.807) is 12.1 Å². The summed E-state index contributed by atoms with van der Waals surface area (Å²) in [7, 11) is 0. The number of fused-ring (bicyclic) bond motifs is 1. The molecule has 4 nitrogen and oxygen atoms in total. The molecule has 0 fully saturated rings. The predicted molar refractivity (Wildman–Crippen MR) is 98.9 cm³/mol. The monoisotopic (exact) mass is 350 g/mol. The number of primary amides is 1. The third-order valence-corrected chi connectivity index (χ3v) is 4.26. The fraction of sp³-hybridized carbons (Fsp3) is 0.143. The van der Waals surface area contributed by atoms with E-state index in [1.807, 2.05) is 42.5 Å². The third-order valence-electron chi connectivity index (χ3n) is 4.26. The molecule has 2 amide bonds. The fourth-order valence-corrected chi connectivity index (χ4v) is 2.95. The Hall–Kier alpha value is -3.21. The molecule has 132 valence electrons. The first kappa shape index (κ1) is 17.6. The van der Waals surface area contributed by atoms with Crippen LogP contribution in [0.4, 0.5) is 4.39 Å². The van der Waals surface area contributed by atoms with E-state index in [-0.39, 0.29) is 18.1 Å². The van der Waals surface area contributed by atoms with E-state index >= 15 is 0 Å². The van der Waals surface area contributed by atoms with Crippen LogP contribution >= 0.6 is 0 Å². The molecule has 5 heteroatoms. The molecule has 0 aliphatic carbocycles. The van der Waals surface area contributed by atoms with Crippen LogP contribution in [0.25, 0.3) is 10.8 Å². The van der Waals surface area contributed by atoms with Crippen molar-refractivity contribution < 1.29 is 14.0 Å². The van der Waals surface area contributed by atoms with E-state index in [1.165, 1.54) is 12.1 Å². The summed E-state index contributed by atoms with van der Waals surface area (Å²) < 4.78 is 12.9. The molecule has 0 heterocycles. The first-order valence-corrected chi connectivity index (χ1v) is 8.32. The van der Waals surface area contributed by atoms with Crippen molar-refractivity contribution in [2.75, 3.05) is 0 Å². The number of amides is 2. The highest BCUT2D eigenvalue weighted by Gasteiger charge is 2.19. The number of rotatable bonds is 6. The number of nitrogens with one attached hydrogen (secondary N) is 1. The van der Waals surface area contributed by atoms with Crippen LogP contribution in [0, 0.1) is 5.82 Å². The highest BCUT2D eigenvalue weighted by molar-refractivity contribution is 5.90. The lowest BCUT2D eigenvalue weighted by atomic mass is 9.98. The van der Waals surface area contributed by atoms with Crippen LogP contribution in [0.2, 0.25) is 0 Å². The molecular weight excluding hydrogens is 331 g/mol. The van der Waals surface area contributed by atoms with Crippen LogP contribution in [0.1, 0.15) is 11.1 Å². The van der Waals surface area contributed by atoms with Gasteiger partial charge in [0.2, 0.25) is 11.8 Å². The minimum atomic E-state index is -0.811. The largest absolute Gasteiger partial charge is 0.368 e. The summed E-state index contributed by atoms with van der Waals surface area (Å²) in [5.74, 6) is -1.29. The number of carbonyl (C=O) groups excluding carboxylic acids is 2. The maximum atomic E-state index is 12.9. The molecular formula is C21H19FN2O2. The quantitative estimate of drug-likeness (QED) is 0.717. The van der Waals surface area contributed by atoms with Gasteiger partial charge < -0.3 is 11.1 Å². The van der Waals surface area contributed by atoms with Gasteiger partial charge >= 0.3 is 0 Å². The van der Waals surface area contributed by atoms with Gasteiger partial charge in [-0.1, -0.05) is 54.6 Å². The molecule has 0 aromatic heterocycles. The summed E-state index contributed by atoms with van der Waals surface area (Å²) in [6, 6.07) is 18.5. The normalized spacial score (nSPS) is 11.9. The van der Waals surface area contributed by atoms with Crippen molar-refractivity contribution in [3.05, 3.63) is 83.7 Å². The molecule has 3 aromatic rings. The number of carbonyl (C=O) groups is 2. The first-order valence-electron chi connectivity index (χ1n) is 8.32. The molecule has 0 unspecified atom stereocenters. The van der Waals surface area contributed by atoms with Crippen molar-refractivity contribution in [2.24, 2.45) is 5.73 Å². The second-order valence-electron chi connectivity index (χ2n) is 6.17. The zero-order valence-corrected chi connectivity index (χ0v) is 14.1. The highest BCUT2D eigenvalue weighted by atomic mass is 19.1. The molecule has 3 N–H and O–H groups in total. The van der Waals surface area contributed by atoms with Gasteiger partial charge in [0.25, 0.3) is 0 Å². The van der Waals surface area contributed by atoms with Crippen LogP contribution in [-0.4, -0.2) is 17.9 Å². The van der Waals surface area contributed by atoms with Crippen molar-refractivity contribution in [3.63, 3.8) is 0 Å². The summed E-state index contributed by atoms with van der Waals surface area (Å²) in [5.41, 5.74) is 7.09. The predicted octanol–water partition coefficient (Wildman–Crippen LogP) is 2.73. The Kier molecular flexibility index (Phi) is 5.27. The van der Waals surface area contributed by atoms with Crippen molar-refractivity contribution in [3.8, 4) is 0 Å². The van der Waals surface area contributed by atoms with E-state index in [9.17, 15) is 14.0 Å². The molecule has 0 saturated carbocycles. The molecule has 26 heavy (non-hydrogen) atoms. The Labute approximate surface area is 150 Å². The summed E-state index contributed by atoms with van der Waals surface area (Å²) in [5, 5.41) is 4.77. The zero-order chi connectivity index (χ0) is 18.5. The standard InChI is InChI=1S/C21H19FN2O2/c22-17-10-8-14(9-11-17)12-20(25)24-19(21(23)26)13-16-6-3-5-15-4-1-2-7-18(15)16/h1-11,19H,12-13H2,(H2,23,26)(H,24,25)/t19-/m1/s1. The lowest BCUT2D eigenvalue weighted by Gasteiger charge is -2.17. The Morgan fingerprint density at radius 2 is 1.65 bits per heavy atom. The highest BCUT2D eigenvalue weighted by Crippen LogP contribution is 2.19. The van der Waals surface area contributed by atoms with Gasteiger partial charge in [0.05, 0.1) is 6.42 Å². The molecule has 3 aromatic carbocycles. The third kappa shape index (κ3) is 4.25. The van der Waals surface area contributed by atoms with Crippen LogP contribution < -0.4 is 11.1 Å². The van der Waals surface area contributed by atoms with Crippen LogP contribution in [0.3, 0.4) is 0 Å². The van der Waals surface area contributed by atoms with Crippen molar-refractivity contribution in [2.45, 2.75) is 18.9 Å². The van der Waals surface area contributed by atoms with Crippen LogP contribution in [0.5, 0.6) is 0 Å². The summed E-state index contributed by atoms with van der Waals surface area (Å²) in [4.78, 5) is 24.1. The van der Waals surface area contributed by atoms with Gasteiger partial charge in [-0.3, -0.25) is 9.59 Å². The first-order chi connectivity index (χ1) is 12.5. The van der Waals surface area contributed by atoms with E-state index in [0.29, 0.717) is 12.0 Å². The molecule has 0 spiro atoms. The van der Waals surface area contributed by atoms with E-state index in [0.717, 1.165) is 16.3 Å². The lowest BCUT2D eigenvalue weighted by Crippen LogP contribution is -2.46. The van der Waals surface area contributed by atoms with Gasteiger partial charge in [0.15, 0.2) is 0 Å². The molecule has 0 radical (unpaired) electrons. The molecule has 3 rings (SSSR count). The average molecular weight is 350 g/mol. The van der Waals surface area contributed by atoms with E-state index in [4.69, 9.17) is 5.73 Å². The molecule has 0 aliphatic heterocycles. The smallest absolute Gasteiger partial charge is 0.240 e. The van der Waals surface area contributed by atoms with Crippen LogP contribution in [-0.2, 0) is 22.4 Å². The number of hydrogen-bond acceptors (Lipinski definition) is 2. The maximum absolute atomic E-state index is 12.9. The topological polar surface area (TPSA) is 72.2 Å². The fourth-order valence-electron chi connectivity index (χ4n) is 2.95. The van der Waals surface area contributed by atoms with Gasteiger partial charge in [0, 0.05) is 6.42 Å². The average Bonchev–Trinajstić information content (AvgIpc) is 2.63. The number of benzene rings is 3. The van der Waals surface area contributed by atoms with Gasteiger partial charge in [-0.05, 0) is 34.0 Å². The van der Waals surface area contributed by atoms with E-state index in [2.05, 4.69) is 5.32 Å². The molecule has 1 atom stereocenters. The van der Waals surface area contributed by atoms with Crippen molar-refractivity contribution >= 4 is 22.6 Å². The minimum absolute atomic E-state index is 0.0552. The van der Waals surface area contributed by atoms with Crippen molar-refractivity contribution in [1.29, 1.82) is 0 Å². The molecule has 0 aliphatic rings. The van der Waals surface area contributed by atoms with Crippen LogP contribution in [0.15, 0.2) is 66.7 Å². The number of hydrogen-bond donors (Lipinski definition) is 2. The SMILES string of the molecule is NC(=O)[C@@H](Cc1cccc2ccccc12)NC(=O)Cc1ccc(F)cc1. The Morgan fingerprint density at radius 3 is 2.38 bits per heavy atom. The van der Waals surface area contributed by atoms with Gasteiger partial charge in [-0.15, -0.1) is 0 Å². The van der Waals surface area contributed by atoms with Gasteiger partial charge in [0.1, 0.15) is 11.9 Å². The lowest BCUT2D eigenvalue weighted by molar-refractivity contribution is -0.126. The second-order valence-corrected chi connectivity index (χ2v) is 6.17. The summed E-state index contributed by atoms with van der Waals surface area (Å²) in [6.45, 7) is 0. The summed E-state index contributed by atoms with van der Waals surface area (Å²) >= 11 is 0. The van der Waals surface area contributed by atoms with Gasteiger partial charge in [-0.25, -0.2) is 4.39 Å². The maximum Gasteiger partial charge on any atom is 0.240 e. The van der Waals surface area contributed by atoms with Crippen molar-refractivity contribution in [1.82, 2.24) is 5.32 Å². The Morgan fingerprint density at radius 1 is 0.962 bits per heavy atom. The number of halogens is 1. The molecule has 0 saturated heterocycles. The van der Waals surface area contributed by atoms with Gasteiger partial charge in [-0.2, -0.15) is 0 Å². The zero-order valence-electron chi connectivity index (χ0n) is 14.1. The minimum Gasteiger partial charge on any atom is -0.368 e. The number of nitrogens with two attached hydrogens (primary N) is 1. The Balaban J connectivity index is 1.73. The Bertz CT molecular complexity index is 933. The van der Waals surface area contributed by atoms with E-state index < -0.39 is 11.9 Å². The molecule has 0 bridgehead atoms. The summed E-state index contributed by atoms with van der Waals surface area (Å²) in [6.07, 6.45) is 0.367.